The Morgan fingerprint density at radius 2 is 1.02 bits per heavy atom. The monoisotopic (exact) mass is 1140 g/mol. The van der Waals surface area contributed by atoms with Gasteiger partial charge in [-0.1, -0.05) is 23.7 Å². The SMILES string of the molecule is COc1ccc(-c2cnc(N3CCOCC3)cc2N)cn1.COc1ccc(-c2cnc(N3CCOCC3)cc2Nc2c(C)c(-c3cccc(C)n3)nc3cc(F)cc(F)c23)cn1.Cc1cccc(-c2nc3cc(F)cc(F)c3c(Cl)c2C)n1. The average molecular weight is 1150 g/mol. The van der Waals surface area contributed by atoms with E-state index >= 15 is 4.39 Å². The maximum absolute atomic E-state index is 15.5. The second-order valence-electron chi connectivity index (χ2n) is 19.5. The highest BCUT2D eigenvalue weighted by atomic mass is 35.5. The molecule has 2 saturated heterocycles. The van der Waals surface area contributed by atoms with Gasteiger partial charge in [-0.2, -0.15) is 0 Å². The number of morpholine rings is 2. The summed E-state index contributed by atoms with van der Waals surface area (Å²) in [4.78, 5) is 40.1. The van der Waals surface area contributed by atoms with Crippen LogP contribution in [0.2, 0.25) is 5.02 Å². The Hall–Kier alpha value is -9.11. The van der Waals surface area contributed by atoms with Gasteiger partial charge in [0, 0.05) is 144 Å². The number of nitrogen functional groups attached to an aromatic ring is 1. The van der Waals surface area contributed by atoms with Crippen molar-refractivity contribution in [2.24, 2.45) is 0 Å². The van der Waals surface area contributed by atoms with Crippen molar-refractivity contribution < 1.29 is 36.5 Å². The van der Waals surface area contributed by atoms with Crippen molar-refractivity contribution in [3.05, 3.63) is 173 Å². The van der Waals surface area contributed by atoms with E-state index in [1.807, 2.05) is 81.4 Å². The number of ether oxygens (including phenoxy) is 4. The standard InChI is InChI=1S/C31H28F2N6O2.C16H11ClF2N2.C15H18N4O2/c1-18-5-4-6-24(36-18)30-19(2)31(29-23(33)13-21(32)14-26(29)38-30)37-25-15-27(39-9-11-41-12-10-39)34-17-22(25)20-7-8-28(40-3)35-16-20;1-8-4-3-5-12(20-8)16-9(2)15(17)14-11(19)6-10(18)7-13(14)21-16;1-20-15-3-2-11(9-18-15)12-10-17-14(8-13(12)16)19-4-6-21-7-5-19/h4-8,13-17H,9-12H2,1-3H3,(H,34,37,38);3-7H,1-2H3;2-3,8-10H,4-7H2,1H3,(H2,16,17). The third-order valence-corrected chi connectivity index (χ3v) is 14.4. The number of aryl methyl sites for hydroxylation is 2. The molecule has 12 rings (SSSR count). The third-order valence-electron chi connectivity index (χ3n) is 13.9. The predicted octanol–water partition coefficient (Wildman–Crippen LogP) is 12.7. The zero-order valence-electron chi connectivity index (χ0n) is 46.3. The normalized spacial score (nSPS) is 13.2. The Morgan fingerprint density at radius 1 is 0.542 bits per heavy atom. The maximum atomic E-state index is 15.5. The van der Waals surface area contributed by atoms with Crippen LogP contribution in [0.25, 0.3) is 66.8 Å². The fraction of sp³-hybridized carbons (Fsp3) is 0.226. The van der Waals surface area contributed by atoms with Crippen molar-refractivity contribution in [2.45, 2.75) is 27.7 Å². The van der Waals surface area contributed by atoms with Gasteiger partial charge in [-0.05, 0) is 69.7 Å². The molecule has 2 aliphatic heterocycles. The molecular weight excluding hydrogens is 1090 g/mol. The number of nitrogens with one attached hydrogen (secondary N) is 1. The molecule has 10 heterocycles. The average Bonchev–Trinajstić information content (AvgIpc) is 3.63. The first-order chi connectivity index (χ1) is 40.2. The highest BCUT2D eigenvalue weighted by Gasteiger charge is 2.23. The quantitative estimate of drug-likeness (QED) is 0.123. The number of pyridine rings is 8. The highest BCUT2D eigenvalue weighted by molar-refractivity contribution is 6.36. The van der Waals surface area contributed by atoms with Gasteiger partial charge in [0.15, 0.2) is 0 Å². The maximum Gasteiger partial charge on any atom is 0.212 e. The van der Waals surface area contributed by atoms with E-state index in [0.717, 1.165) is 83.7 Å². The van der Waals surface area contributed by atoms with Crippen LogP contribution in [0.1, 0.15) is 22.5 Å². The molecule has 0 aliphatic carbocycles. The summed E-state index contributed by atoms with van der Waals surface area (Å²) in [5.41, 5.74) is 16.9. The summed E-state index contributed by atoms with van der Waals surface area (Å²) in [6.07, 6.45) is 7.00. The number of hydrogen-bond donors (Lipinski definition) is 2. The van der Waals surface area contributed by atoms with Crippen LogP contribution in [0.15, 0.2) is 122 Å². The minimum Gasteiger partial charge on any atom is -0.481 e. The summed E-state index contributed by atoms with van der Waals surface area (Å²) in [5, 5.41) is 4.04. The number of hydrogen-bond acceptors (Lipinski definition) is 16. The molecule has 0 atom stereocenters. The number of benzene rings is 2. The lowest BCUT2D eigenvalue weighted by atomic mass is 10.0. The van der Waals surface area contributed by atoms with Gasteiger partial charge >= 0.3 is 0 Å². The molecule has 16 nitrogen and oxygen atoms in total. The van der Waals surface area contributed by atoms with E-state index < -0.39 is 23.3 Å². The summed E-state index contributed by atoms with van der Waals surface area (Å²) in [6.45, 7) is 13.1. The smallest absolute Gasteiger partial charge is 0.212 e. The number of methoxy groups -OCH3 is 2. The largest absolute Gasteiger partial charge is 0.481 e. The number of anilines is 5. The Labute approximate surface area is 481 Å². The molecule has 0 spiro atoms. The lowest BCUT2D eigenvalue weighted by Gasteiger charge is -2.28. The summed E-state index contributed by atoms with van der Waals surface area (Å²) in [7, 11) is 3.15. The van der Waals surface area contributed by atoms with Crippen LogP contribution in [0, 0.1) is 51.0 Å². The van der Waals surface area contributed by atoms with E-state index in [2.05, 4.69) is 50.0 Å². The van der Waals surface area contributed by atoms with E-state index in [1.165, 1.54) is 12.1 Å². The molecule has 8 aromatic heterocycles. The van der Waals surface area contributed by atoms with Crippen LogP contribution >= 0.6 is 11.6 Å². The van der Waals surface area contributed by atoms with Gasteiger partial charge in [-0.25, -0.2) is 47.5 Å². The molecule has 3 N–H and O–H groups in total. The molecule has 0 amide bonds. The third kappa shape index (κ3) is 12.8. The van der Waals surface area contributed by atoms with Crippen molar-refractivity contribution in [3.8, 4) is 56.8 Å². The summed E-state index contributed by atoms with van der Waals surface area (Å²) in [5.74, 6) is -0.109. The molecule has 2 fully saturated rings. The minimum absolute atomic E-state index is 0.131. The zero-order chi connectivity index (χ0) is 58.3. The van der Waals surface area contributed by atoms with Crippen molar-refractivity contribution in [3.63, 3.8) is 0 Å². The van der Waals surface area contributed by atoms with Crippen LogP contribution < -0.4 is 30.3 Å². The van der Waals surface area contributed by atoms with Gasteiger partial charge in [0.05, 0.1) is 102 Å². The van der Waals surface area contributed by atoms with Gasteiger partial charge in [0.2, 0.25) is 11.8 Å². The highest BCUT2D eigenvalue weighted by Crippen LogP contribution is 2.41. The molecular formula is C62H57ClF4N12O4. The first-order valence-electron chi connectivity index (χ1n) is 26.5. The van der Waals surface area contributed by atoms with Crippen LogP contribution in [0.4, 0.5) is 46.3 Å². The molecule has 83 heavy (non-hydrogen) atoms. The Bertz CT molecular complexity index is 3980. The predicted molar refractivity (Wildman–Crippen MR) is 316 cm³/mol. The number of fused-ring (bicyclic) bond motifs is 2. The second kappa shape index (κ2) is 25.4. The van der Waals surface area contributed by atoms with Gasteiger partial charge in [0.25, 0.3) is 0 Å². The second-order valence-corrected chi connectivity index (χ2v) is 19.8. The molecule has 2 aliphatic rings. The molecule has 21 heteroatoms. The van der Waals surface area contributed by atoms with Crippen molar-refractivity contribution in [1.82, 2.24) is 39.9 Å². The van der Waals surface area contributed by atoms with Crippen molar-refractivity contribution >= 4 is 62.1 Å². The summed E-state index contributed by atoms with van der Waals surface area (Å²) in [6, 6.07) is 26.4. The Morgan fingerprint density at radius 3 is 1.52 bits per heavy atom. The van der Waals surface area contributed by atoms with Gasteiger partial charge < -0.3 is 39.8 Å². The lowest BCUT2D eigenvalue weighted by Crippen LogP contribution is -2.36. The molecule has 424 valence electrons. The first-order valence-corrected chi connectivity index (χ1v) is 26.8. The van der Waals surface area contributed by atoms with Crippen LogP contribution in [-0.4, -0.2) is 107 Å². The van der Waals surface area contributed by atoms with E-state index in [9.17, 15) is 13.2 Å². The van der Waals surface area contributed by atoms with Crippen LogP contribution in [-0.2, 0) is 9.47 Å². The van der Waals surface area contributed by atoms with Gasteiger partial charge in [0.1, 0.15) is 34.9 Å². The molecule has 0 radical (unpaired) electrons. The topological polar surface area (TPSA) is 185 Å². The molecule has 0 saturated carbocycles. The molecule has 10 aromatic rings. The number of nitrogens with two attached hydrogens (primary N) is 1. The first kappa shape index (κ1) is 57.1. The summed E-state index contributed by atoms with van der Waals surface area (Å²) < 4.78 is 78.3. The number of nitrogens with zero attached hydrogens (tertiary/aromatic N) is 10. The number of aromatic nitrogens is 8. The number of halogens is 5. The zero-order valence-corrected chi connectivity index (χ0v) is 47.0. The Kier molecular flexibility index (Phi) is 17.5. The molecule has 0 unspecified atom stereocenters. The van der Waals surface area contributed by atoms with E-state index in [4.69, 9.17) is 41.3 Å². The van der Waals surface area contributed by atoms with E-state index in [1.54, 1.807) is 58.1 Å². The Balaban J connectivity index is 0.000000154. The van der Waals surface area contributed by atoms with Crippen molar-refractivity contribution in [2.75, 3.05) is 87.7 Å². The molecule has 0 bridgehead atoms. The van der Waals surface area contributed by atoms with E-state index in [0.29, 0.717) is 89.0 Å². The number of rotatable bonds is 10. The van der Waals surface area contributed by atoms with Gasteiger partial charge in [-0.15, -0.1) is 0 Å². The van der Waals surface area contributed by atoms with Crippen LogP contribution in [0.3, 0.4) is 0 Å². The van der Waals surface area contributed by atoms with Gasteiger partial charge in [-0.3, -0.25) is 9.97 Å². The lowest BCUT2D eigenvalue weighted by molar-refractivity contribution is 0.122. The minimum atomic E-state index is -0.714. The summed E-state index contributed by atoms with van der Waals surface area (Å²) >= 11 is 6.25. The fourth-order valence-electron chi connectivity index (χ4n) is 9.64. The van der Waals surface area contributed by atoms with Crippen molar-refractivity contribution in [1.29, 1.82) is 0 Å². The fourth-order valence-corrected chi connectivity index (χ4v) is 9.91. The molecule has 2 aromatic carbocycles. The van der Waals surface area contributed by atoms with E-state index in [-0.39, 0.29) is 26.8 Å². The van der Waals surface area contributed by atoms with Crippen LogP contribution in [0.5, 0.6) is 11.8 Å².